The zero-order valence-electron chi connectivity index (χ0n) is 22.6. The van der Waals surface area contributed by atoms with E-state index in [1.807, 2.05) is 26.8 Å². The van der Waals surface area contributed by atoms with Gasteiger partial charge in [-0.05, 0) is 29.9 Å². The largest absolute Gasteiger partial charge is 0.497 e. The van der Waals surface area contributed by atoms with Crippen molar-refractivity contribution in [3.63, 3.8) is 0 Å². The highest BCUT2D eigenvalue weighted by Gasteiger charge is 2.32. The van der Waals surface area contributed by atoms with E-state index in [1.165, 1.54) is 6.20 Å². The van der Waals surface area contributed by atoms with Crippen LogP contribution in [0, 0.1) is 39.9 Å². The van der Waals surface area contributed by atoms with Gasteiger partial charge < -0.3 is 20.1 Å². The first-order valence-electron chi connectivity index (χ1n) is 12.3. The average Bonchev–Trinajstić information content (AvgIpc) is 3.55. The predicted molar refractivity (Wildman–Crippen MR) is 146 cm³/mol. The second kappa shape index (κ2) is 10.8. The summed E-state index contributed by atoms with van der Waals surface area (Å²) in [6.07, 6.45) is 3.69. The second-order valence-corrected chi connectivity index (χ2v) is 10.3. The van der Waals surface area contributed by atoms with Gasteiger partial charge >= 0.3 is 0 Å². The van der Waals surface area contributed by atoms with Crippen LogP contribution in [0.3, 0.4) is 0 Å². The Hall–Kier alpha value is -5.01. The van der Waals surface area contributed by atoms with Gasteiger partial charge in [-0.3, -0.25) is 9.48 Å². The molecular formula is C29H29N7O3. The fourth-order valence-electron chi connectivity index (χ4n) is 4.51. The third-order valence-corrected chi connectivity index (χ3v) is 6.28. The van der Waals surface area contributed by atoms with Crippen molar-refractivity contribution in [3.05, 3.63) is 52.9 Å². The smallest absolute Gasteiger partial charge is 0.264 e. The van der Waals surface area contributed by atoms with Crippen molar-refractivity contribution in [1.82, 2.24) is 19.7 Å². The molecule has 3 heterocycles. The number of anilines is 1. The lowest BCUT2D eigenvalue weighted by molar-refractivity contribution is -0.125. The van der Waals surface area contributed by atoms with E-state index in [0.29, 0.717) is 58.7 Å². The minimum Gasteiger partial charge on any atom is -0.497 e. The normalized spacial score (nSPS) is 15.3. The second-order valence-electron chi connectivity index (χ2n) is 10.3. The number of pyridine rings is 1. The molecule has 1 aliphatic heterocycles. The van der Waals surface area contributed by atoms with Gasteiger partial charge in [-0.25, -0.2) is 4.98 Å². The van der Waals surface area contributed by atoms with Crippen LogP contribution in [0.4, 0.5) is 5.82 Å². The number of rotatable bonds is 4. The monoisotopic (exact) mass is 523 g/mol. The molecule has 1 fully saturated rings. The van der Waals surface area contributed by atoms with Gasteiger partial charge in [0.2, 0.25) is 0 Å². The van der Waals surface area contributed by atoms with Gasteiger partial charge in [-0.15, -0.1) is 0 Å². The first kappa shape index (κ1) is 27.0. The molecule has 0 bridgehead atoms. The summed E-state index contributed by atoms with van der Waals surface area (Å²) in [4.78, 5) is 18.9. The number of benzene rings is 1. The van der Waals surface area contributed by atoms with Gasteiger partial charge in [0, 0.05) is 30.9 Å². The van der Waals surface area contributed by atoms with Crippen LogP contribution in [0.2, 0.25) is 0 Å². The molecule has 1 atom stereocenters. The van der Waals surface area contributed by atoms with Crippen LogP contribution in [0.15, 0.2) is 36.0 Å². The van der Waals surface area contributed by atoms with Gasteiger partial charge in [-0.1, -0.05) is 32.8 Å². The summed E-state index contributed by atoms with van der Waals surface area (Å²) < 4.78 is 12.4. The summed E-state index contributed by atoms with van der Waals surface area (Å²) in [5.41, 5.74) is 7.88. The Labute approximate surface area is 227 Å². The zero-order valence-corrected chi connectivity index (χ0v) is 22.6. The van der Waals surface area contributed by atoms with Crippen molar-refractivity contribution >= 4 is 22.6 Å². The number of nitrogen functional groups attached to an aromatic ring is 1. The van der Waals surface area contributed by atoms with Crippen molar-refractivity contribution in [2.45, 2.75) is 33.2 Å². The van der Waals surface area contributed by atoms with Crippen LogP contribution in [0.1, 0.15) is 50.1 Å². The molecule has 4 rings (SSSR count). The van der Waals surface area contributed by atoms with E-state index in [-0.39, 0.29) is 28.8 Å². The standard InChI is InChI=1S/C29H29N7O3/c1-29(2,3)13-19(14-30)28(37)35-9-8-21(17-35)36-26-20(15-31)16-33-27(32)25(26)24(34-36)7-6-18-10-22(38-4)12-23(11-18)39-5/h10-13,16,21H,8-9,17H2,1-5H3,(H2,32,33). The number of nitrogens with two attached hydrogens (primary N) is 1. The van der Waals surface area contributed by atoms with E-state index in [1.54, 1.807) is 48.1 Å². The Morgan fingerprint density at radius 1 is 1.15 bits per heavy atom. The van der Waals surface area contributed by atoms with Gasteiger partial charge in [0.25, 0.3) is 5.91 Å². The quantitative estimate of drug-likeness (QED) is 0.311. The van der Waals surface area contributed by atoms with E-state index in [0.717, 1.165) is 0 Å². The maximum absolute atomic E-state index is 13.1. The van der Waals surface area contributed by atoms with Crippen molar-refractivity contribution in [2.24, 2.45) is 5.41 Å². The van der Waals surface area contributed by atoms with Gasteiger partial charge in [-0.2, -0.15) is 15.6 Å². The summed E-state index contributed by atoms with van der Waals surface area (Å²) in [6.45, 7) is 6.58. The van der Waals surface area contributed by atoms with Crippen LogP contribution in [-0.4, -0.2) is 52.9 Å². The maximum atomic E-state index is 13.1. The van der Waals surface area contributed by atoms with Gasteiger partial charge in [0.05, 0.1) is 36.7 Å². The highest BCUT2D eigenvalue weighted by molar-refractivity contribution is 5.98. The summed E-state index contributed by atoms with van der Waals surface area (Å²) >= 11 is 0. The van der Waals surface area contributed by atoms with Crippen LogP contribution in [0.5, 0.6) is 11.5 Å². The molecule has 10 heteroatoms. The molecule has 1 saturated heterocycles. The average molecular weight is 524 g/mol. The van der Waals surface area contributed by atoms with Crippen LogP contribution in [-0.2, 0) is 4.79 Å². The molecule has 0 radical (unpaired) electrons. The number of hydrogen-bond acceptors (Lipinski definition) is 8. The molecule has 39 heavy (non-hydrogen) atoms. The number of methoxy groups -OCH3 is 2. The number of carbonyl (C=O) groups excluding carboxylic acids is 1. The Morgan fingerprint density at radius 2 is 1.85 bits per heavy atom. The molecule has 1 aromatic carbocycles. The zero-order chi connectivity index (χ0) is 28.3. The highest BCUT2D eigenvalue weighted by atomic mass is 16.5. The third-order valence-electron chi connectivity index (χ3n) is 6.28. The lowest BCUT2D eigenvalue weighted by atomic mass is 9.93. The minimum atomic E-state index is -0.319. The molecule has 0 aliphatic carbocycles. The third kappa shape index (κ3) is 5.63. The number of aromatic nitrogens is 3. The number of amides is 1. The van der Waals surface area contributed by atoms with Crippen LogP contribution in [0.25, 0.3) is 10.9 Å². The van der Waals surface area contributed by atoms with Crippen LogP contribution < -0.4 is 15.2 Å². The van der Waals surface area contributed by atoms with E-state index in [4.69, 9.17) is 20.3 Å². The van der Waals surface area contributed by atoms with E-state index in [9.17, 15) is 15.3 Å². The first-order chi connectivity index (χ1) is 18.6. The number of nitrogens with zero attached hydrogens (tertiary/aromatic N) is 6. The lowest BCUT2D eigenvalue weighted by Crippen LogP contribution is -2.30. The topological polar surface area (TPSA) is 143 Å². The lowest BCUT2D eigenvalue weighted by Gasteiger charge is -2.19. The van der Waals surface area contributed by atoms with E-state index >= 15 is 0 Å². The summed E-state index contributed by atoms with van der Waals surface area (Å²) in [5, 5.41) is 24.7. The number of likely N-dealkylation sites (tertiary alicyclic amines) is 1. The molecule has 2 aromatic heterocycles. The molecule has 198 valence electrons. The molecule has 1 unspecified atom stereocenters. The van der Waals surface area contributed by atoms with Crippen molar-refractivity contribution < 1.29 is 14.3 Å². The molecule has 1 aliphatic rings. The highest BCUT2D eigenvalue weighted by Crippen LogP contribution is 2.32. The first-order valence-corrected chi connectivity index (χ1v) is 12.3. The van der Waals surface area contributed by atoms with E-state index in [2.05, 4.69) is 22.9 Å². The number of hydrogen-bond donors (Lipinski definition) is 1. The summed E-state index contributed by atoms with van der Waals surface area (Å²) in [5.74, 6) is 7.22. The Bertz CT molecular complexity index is 1600. The van der Waals surface area contributed by atoms with Gasteiger partial charge in [0.1, 0.15) is 40.7 Å². The van der Waals surface area contributed by atoms with Crippen LogP contribution >= 0.6 is 0 Å². The maximum Gasteiger partial charge on any atom is 0.264 e. The molecule has 2 N–H and O–H groups in total. The van der Waals surface area contributed by atoms with Gasteiger partial charge in [0.15, 0.2) is 0 Å². The molecule has 1 amide bonds. The number of allylic oxidation sites excluding steroid dienone is 1. The fourth-order valence-corrected chi connectivity index (χ4v) is 4.51. The molecule has 3 aromatic rings. The number of carbonyl (C=O) groups is 1. The predicted octanol–water partition coefficient (Wildman–Crippen LogP) is 3.57. The molecule has 10 nitrogen and oxygen atoms in total. The SMILES string of the molecule is COc1cc(C#Cc2nn(C3CCN(C(=O)C(C#N)=CC(C)(C)C)C3)c3c(C#N)cnc(N)c23)cc(OC)c1. The van der Waals surface area contributed by atoms with E-state index < -0.39 is 0 Å². The summed E-state index contributed by atoms with van der Waals surface area (Å²) in [6, 6.07) is 9.27. The molecule has 0 spiro atoms. The molecular weight excluding hydrogens is 494 g/mol. The number of ether oxygens (including phenoxy) is 2. The molecule has 0 saturated carbocycles. The number of fused-ring (bicyclic) bond motifs is 1. The van der Waals surface area contributed by atoms with Crippen molar-refractivity contribution in [3.8, 4) is 35.5 Å². The van der Waals surface area contributed by atoms with Crippen molar-refractivity contribution in [2.75, 3.05) is 33.0 Å². The minimum absolute atomic E-state index is 0.111. The summed E-state index contributed by atoms with van der Waals surface area (Å²) in [7, 11) is 3.12. The Morgan fingerprint density at radius 3 is 2.44 bits per heavy atom. The Kier molecular flexibility index (Phi) is 7.47. The Balaban J connectivity index is 1.76. The van der Waals surface area contributed by atoms with Crippen molar-refractivity contribution in [1.29, 1.82) is 10.5 Å². The number of nitriles is 2. The fraction of sp³-hybridized carbons (Fsp3) is 0.345.